The molecule has 17 heavy (non-hydrogen) atoms. The number of aryl methyl sites for hydroxylation is 1. The number of benzene rings is 1. The van der Waals surface area contributed by atoms with Gasteiger partial charge in [0.2, 0.25) is 0 Å². The molecule has 0 fully saturated rings. The highest BCUT2D eigenvalue weighted by molar-refractivity contribution is 7.09. The molecule has 2 rings (SSSR count). The summed E-state index contributed by atoms with van der Waals surface area (Å²) in [5.41, 5.74) is 1.46. The summed E-state index contributed by atoms with van der Waals surface area (Å²) in [7, 11) is 0. The van der Waals surface area contributed by atoms with Crippen LogP contribution >= 0.6 is 34.5 Å². The Bertz CT molecular complexity index is 545. The highest BCUT2D eigenvalue weighted by atomic mass is 35.5. The fraction of sp³-hybridized carbons (Fsp3) is 0.167. The largest absolute Gasteiger partial charge is 0.294 e. The summed E-state index contributed by atoms with van der Waals surface area (Å²) in [6.45, 7) is 1.90. The van der Waals surface area contributed by atoms with Gasteiger partial charge in [-0.3, -0.25) is 4.79 Å². The standard InChI is InChI=1S/C12H9Cl2NOS/c1-7-6-17-12(15-7)5-11(16)8-2-9(13)4-10(14)3-8/h2-4,6H,5H2,1H3. The number of Topliss-reactive ketones (excluding diaryl/α,β-unsaturated/α-hetero) is 1. The Kier molecular flexibility index (Phi) is 3.82. The Balaban J connectivity index is 2.19. The quantitative estimate of drug-likeness (QED) is 0.792. The molecule has 0 atom stereocenters. The van der Waals surface area contributed by atoms with Gasteiger partial charge >= 0.3 is 0 Å². The fourth-order valence-electron chi connectivity index (χ4n) is 1.44. The molecule has 2 nitrogen and oxygen atoms in total. The smallest absolute Gasteiger partial charge is 0.169 e. The molecule has 0 aliphatic rings. The van der Waals surface area contributed by atoms with Crippen molar-refractivity contribution in [3.8, 4) is 0 Å². The molecule has 0 saturated heterocycles. The number of hydrogen-bond donors (Lipinski definition) is 0. The third-order valence-corrected chi connectivity index (χ3v) is 3.57. The van der Waals surface area contributed by atoms with E-state index in [4.69, 9.17) is 23.2 Å². The number of aromatic nitrogens is 1. The molecule has 2 aromatic rings. The second kappa shape index (κ2) is 5.17. The number of thiazole rings is 1. The lowest BCUT2D eigenvalue weighted by atomic mass is 10.1. The van der Waals surface area contributed by atoms with Crippen molar-refractivity contribution < 1.29 is 4.79 Å². The number of nitrogens with zero attached hydrogens (tertiary/aromatic N) is 1. The maximum absolute atomic E-state index is 12.0. The van der Waals surface area contributed by atoms with E-state index >= 15 is 0 Å². The molecule has 5 heteroatoms. The molecule has 1 heterocycles. The average Bonchev–Trinajstić information content (AvgIpc) is 2.62. The molecule has 0 amide bonds. The van der Waals surface area contributed by atoms with Gasteiger partial charge in [-0.15, -0.1) is 11.3 Å². The zero-order valence-electron chi connectivity index (χ0n) is 9.04. The van der Waals surface area contributed by atoms with Crippen LogP contribution in [0.2, 0.25) is 10.0 Å². The highest BCUT2D eigenvalue weighted by Gasteiger charge is 2.11. The van der Waals surface area contributed by atoms with Crippen LogP contribution in [0.4, 0.5) is 0 Å². The molecule has 0 bridgehead atoms. The number of carbonyl (C=O) groups is 1. The third kappa shape index (κ3) is 3.28. The van der Waals surface area contributed by atoms with Gasteiger partial charge in [0.05, 0.1) is 6.42 Å². The van der Waals surface area contributed by atoms with Gasteiger partial charge in [0.25, 0.3) is 0 Å². The van der Waals surface area contributed by atoms with E-state index in [2.05, 4.69) is 4.98 Å². The molecule has 0 aliphatic heterocycles. The van der Waals surface area contributed by atoms with E-state index in [9.17, 15) is 4.79 Å². The van der Waals surface area contributed by atoms with E-state index in [1.54, 1.807) is 18.2 Å². The maximum Gasteiger partial charge on any atom is 0.169 e. The van der Waals surface area contributed by atoms with Gasteiger partial charge < -0.3 is 0 Å². The van der Waals surface area contributed by atoms with Crippen LogP contribution in [0.3, 0.4) is 0 Å². The number of hydrogen-bond acceptors (Lipinski definition) is 3. The van der Waals surface area contributed by atoms with Crippen molar-refractivity contribution in [2.45, 2.75) is 13.3 Å². The molecule has 0 unspecified atom stereocenters. The van der Waals surface area contributed by atoms with Crippen LogP contribution in [-0.2, 0) is 6.42 Å². The number of carbonyl (C=O) groups excluding carboxylic acids is 1. The summed E-state index contributed by atoms with van der Waals surface area (Å²) >= 11 is 13.2. The molecule has 0 spiro atoms. The van der Waals surface area contributed by atoms with Gasteiger partial charge in [-0.1, -0.05) is 23.2 Å². The monoisotopic (exact) mass is 285 g/mol. The molecule has 88 valence electrons. The first-order valence-electron chi connectivity index (χ1n) is 4.95. The molecular formula is C12H9Cl2NOS. The lowest BCUT2D eigenvalue weighted by Crippen LogP contribution is -2.03. The van der Waals surface area contributed by atoms with Crippen molar-refractivity contribution in [2.24, 2.45) is 0 Å². The summed E-state index contributed by atoms with van der Waals surface area (Å²) < 4.78 is 0. The predicted octanol–water partition coefficient (Wildman–Crippen LogP) is 4.18. The minimum Gasteiger partial charge on any atom is -0.294 e. The Hall–Kier alpha value is -0.900. The van der Waals surface area contributed by atoms with E-state index < -0.39 is 0 Å². The average molecular weight is 286 g/mol. The zero-order valence-corrected chi connectivity index (χ0v) is 11.4. The van der Waals surface area contributed by atoms with Crippen LogP contribution in [0, 0.1) is 6.92 Å². The third-order valence-electron chi connectivity index (χ3n) is 2.16. The van der Waals surface area contributed by atoms with Crippen molar-refractivity contribution in [3.05, 3.63) is 49.9 Å². The van der Waals surface area contributed by atoms with Crippen molar-refractivity contribution in [1.29, 1.82) is 0 Å². The van der Waals surface area contributed by atoms with Crippen molar-refractivity contribution in [2.75, 3.05) is 0 Å². The van der Waals surface area contributed by atoms with E-state index in [1.807, 2.05) is 12.3 Å². The summed E-state index contributed by atoms with van der Waals surface area (Å²) in [6.07, 6.45) is 0.287. The first-order chi connectivity index (χ1) is 8.04. The van der Waals surface area contributed by atoms with E-state index in [1.165, 1.54) is 11.3 Å². The first-order valence-corrected chi connectivity index (χ1v) is 6.58. The van der Waals surface area contributed by atoms with Gasteiger partial charge in [-0.25, -0.2) is 4.98 Å². The fourth-order valence-corrected chi connectivity index (χ4v) is 2.73. The second-order valence-corrected chi connectivity index (χ2v) is 5.46. The van der Waals surface area contributed by atoms with Gasteiger partial charge in [-0.2, -0.15) is 0 Å². The van der Waals surface area contributed by atoms with Crippen LogP contribution in [0.5, 0.6) is 0 Å². The normalized spacial score (nSPS) is 10.5. The summed E-state index contributed by atoms with van der Waals surface area (Å²) in [6, 6.07) is 4.85. The Morgan fingerprint density at radius 3 is 2.47 bits per heavy atom. The summed E-state index contributed by atoms with van der Waals surface area (Å²) in [4.78, 5) is 16.2. The van der Waals surface area contributed by atoms with Gasteiger partial charge in [0.15, 0.2) is 5.78 Å². The van der Waals surface area contributed by atoms with E-state index in [-0.39, 0.29) is 12.2 Å². The summed E-state index contributed by atoms with van der Waals surface area (Å²) in [5, 5.41) is 3.67. The summed E-state index contributed by atoms with van der Waals surface area (Å²) in [5.74, 6) is -0.0243. The van der Waals surface area contributed by atoms with Crippen LogP contribution in [-0.4, -0.2) is 10.8 Å². The maximum atomic E-state index is 12.0. The Labute approximate surface area is 113 Å². The van der Waals surface area contributed by atoms with Crippen molar-refractivity contribution >= 4 is 40.3 Å². The number of rotatable bonds is 3. The molecular weight excluding hydrogens is 277 g/mol. The van der Waals surface area contributed by atoms with Crippen LogP contribution in [0.25, 0.3) is 0 Å². The van der Waals surface area contributed by atoms with Crippen LogP contribution in [0.1, 0.15) is 21.1 Å². The van der Waals surface area contributed by atoms with Crippen molar-refractivity contribution in [1.82, 2.24) is 4.98 Å². The SMILES string of the molecule is Cc1csc(CC(=O)c2cc(Cl)cc(Cl)c2)n1. The molecule has 0 N–H and O–H groups in total. The molecule has 1 aromatic carbocycles. The zero-order chi connectivity index (χ0) is 12.4. The molecule has 0 radical (unpaired) electrons. The molecule has 0 saturated carbocycles. The minimum absolute atomic E-state index is 0.0243. The van der Waals surface area contributed by atoms with Crippen LogP contribution < -0.4 is 0 Å². The van der Waals surface area contributed by atoms with Gasteiger partial charge in [-0.05, 0) is 25.1 Å². The van der Waals surface area contributed by atoms with Crippen LogP contribution in [0.15, 0.2) is 23.6 Å². The highest BCUT2D eigenvalue weighted by Crippen LogP contribution is 2.21. The van der Waals surface area contributed by atoms with E-state index in [0.29, 0.717) is 15.6 Å². The molecule has 1 aromatic heterocycles. The Morgan fingerprint density at radius 2 is 1.94 bits per heavy atom. The molecule has 0 aliphatic carbocycles. The lowest BCUT2D eigenvalue weighted by molar-refractivity contribution is 0.0993. The Morgan fingerprint density at radius 1 is 1.29 bits per heavy atom. The minimum atomic E-state index is -0.0243. The topological polar surface area (TPSA) is 30.0 Å². The van der Waals surface area contributed by atoms with Gasteiger partial charge in [0.1, 0.15) is 5.01 Å². The number of halogens is 2. The lowest BCUT2D eigenvalue weighted by Gasteiger charge is -2.01. The first kappa shape index (κ1) is 12.6. The van der Waals surface area contributed by atoms with Gasteiger partial charge in [0, 0.05) is 26.7 Å². The number of ketones is 1. The second-order valence-electron chi connectivity index (χ2n) is 3.64. The predicted molar refractivity (Wildman–Crippen MR) is 71.3 cm³/mol. The van der Waals surface area contributed by atoms with E-state index in [0.717, 1.165) is 10.7 Å². The van der Waals surface area contributed by atoms with Crippen molar-refractivity contribution in [3.63, 3.8) is 0 Å².